The number of rotatable bonds is 4. The molecule has 1 aromatic heterocycles. The van der Waals surface area contributed by atoms with Crippen molar-refractivity contribution in [3.8, 4) is 0 Å². The first kappa shape index (κ1) is 13.1. The smallest absolute Gasteiger partial charge is 0.261 e. The van der Waals surface area contributed by atoms with Crippen molar-refractivity contribution in [1.29, 1.82) is 0 Å². The van der Waals surface area contributed by atoms with Crippen molar-refractivity contribution < 1.29 is 9.53 Å². The van der Waals surface area contributed by atoms with Crippen LogP contribution in [0.15, 0.2) is 10.5 Å². The van der Waals surface area contributed by atoms with E-state index >= 15 is 0 Å². The fourth-order valence-electron chi connectivity index (χ4n) is 1.86. The topological polar surface area (TPSA) is 38.3 Å². The molecule has 1 N–H and O–H groups in total. The number of ether oxygens (including phenoxy) is 1. The van der Waals surface area contributed by atoms with Crippen LogP contribution in [0.2, 0.25) is 0 Å². The summed E-state index contributed by atoms with van der Waals surface area (Å²) in [5, 5.41) is 2.93. The summed E-state index contributed by atoms with van der Waals surface area (Å²) in [7, 11) is 0. The Kier molecular flexibility index (Phi) is 4.59. The Bertz CT molecular complexity index is 399. The molecule has 94 valence electrons. The summed E-state index contributed by atoms with van der Waals surface area (Å²) in [6.07, 6.45) is 3.30. The molecule has 0 spiro atoms. The quantitative estimate of drug-likeness (QED) is 0.927. The van der Waals surface area contributed by atoms with E-state index in [4.69, 9.17) is 4.74 Å². The molecule has 1 aliphatic heterocycles. The lowest BCUT2D eigenvalue weighted by atomic mass is 10.2. The minimum Gasteiger partial charge on any atom is -0.376 e. The number of hydrogen-bond acceptors (Lipinski definition) is 3. The zero-order valence-electron chi connectivity index (χ0n) is 9.79. The molecule has 0 unspecified atom stereocenters. The van der Waals surface area contributed by atoms with Gasteiger partial charge in [0, 0.05) is 22.5 Å². The number of hydrogen-bond donors (Lipinski definition) is 1. The molecule has 1 saturated heterocycles. The van der Waals surface area contributed by atoms with Crippen molar-refractivity contribution in [2.24, 2.45) is 0 Å². The summed E-state index contributed by atoms with van der Waals surface area (Å²) in [6, 6.07) is 1.90. The van der Waals surface area contributed by atoms with Gasteiger partial charge in [-0.25, -0.2) is 0 Å². The molecule has 1 aromatic rings. The molecule has 1 amide bonds. The summed E-state index contributed by atoms with van der Waals surface area (Å²) >= 11 is 5.02. The van der Waals surface area contributed by atoms with Gasteiger partial charge in [0.1, 0.15) is 0 Å². The number of aryl methyl sites for hydroxylation is 1. The van der Waals surface area contributed by atoms with E-state index in [9.17, 15) is 4.79 Å². The number of nitrogens with one attached hydrogen (secondary N) is 1. The predicted octanol–water partition coefficient (Wildman–Crippen LogP) is 2.98. The molecule has 3 nitrogen and oxygen atoms in total. The van der Waals surface area contributed by atoms with Gasteiger partial charge in [-0.1, -0.05) is 6.92 Å². The van der Waals surface area contributed by atoms with E-state index < -0.39 is 0 Å². The molecule has 0 bridgehead atoms. The zero-order chi connectivity index (χ0) is 12.3. The third-order valence-corrected chi connectivity index (χ3v) is 5.06. The van der Waals surface area contributed by atoms with Gasteiger partial charge in [-0.15, -0.1) is 11.3 Å². The summed E-state index contributed by atoms with van der Waals surface area (Å²) in [6.45, 7) is 3.53. The standard InChI is InChI=1S/C12H16BrNO2S/c1-2-10-9(13)6-11(17-10)12(15)14-7-8-4-3-5-16-8/h6,8H,2-5,7H2,1H3,(H,14,15)/t8-/m1/s1. The summed E-state index contributed by atoms with van der Waals surface area (Å²) in [5.41, 5.74) is 0. The lowest BCUT2D eigenvalue weighted by Crippen LogP contribution is -2.31. The number of carbonyl (C=O) groups excluding carboxylic acids is 1. The highest BCUT2D eigenvalue weighted by molar-refractivity contribution is 9.10. The van der Waals surface area contributed by atoms with Crippen LogP contribution in [0, 0.1) is 0 Å². The maximum absolute atomic E-state index is 11.9. The van der Waals surface area contributed by atoms with Crippen LogP contribution in [0.3, 0.4) is 0 Å². The average molecular weight is 318 g/mol. The van der Waals surface area contributed by atoms with Crippen molar-refractivity contribution in [2.45, 2.75) is 32.3 Å². The first-order valence-corrected chi connectivity index (χ1v) is 7.49. The molecule has 0 radical (unpaired) electrons. The van der Waals surface area contributed by atoms with Gasteiger partial charge in [0.25, 0.3) is 5.91 Å². The highest BCUT2D eigenvalue weighted by Gasteiger charge is 2.18. The minimum atomic E-state index is 0.00546. The first-order chi connectivity index (χ1) is 8.20. The van der Waals surface area contributed by atoms with Gasteiger partial charge in [0.15, 0.2) is 0 Å². The predicted molar refractivity (Wildman–Crippen MR) is 72.7 cm³/mol. The largest absolute Gasteiger partial charge is 0.376 e. The third-order valence-electron chi connectivity index (χ3n) is 2.82. The summed E-state index contributed by atoms with van der Waals surface area (Å²) in [5.74, 6) is 0.00546. The Balaban J connectivity index is 1.89. The Morgan fingerprint density at radius 1 is 1.71 bits per heavy atom. The van der Waals surface area contributed by atoms with Gasteiger partial charge in [-0.05, 0) is 41.3 Å². The third kappa shape index (κ3) is 3.30. The Hall–Kier alpha value is -0.390. The molecular weight excluding hydrogens is 302 g/mol. The minimum absolute atomic E-state index is 0.00546. The van der Waals surface area contributed by atoms with Crippen molar-refractivity contribution >= 4 is 33.2 Å². The number of carbonyl (C=O) groups is 1. The summed E-state index contributed by atoms with van der Waals surface area (Å²) in [4.78, 5) is 13.9. The van der Waals surface area contributed by atoms with Crippen LogP contribution >= 0.6 is 27.3 Å². The fraction of sp³-hybridized carbons (Fsp3) is 0.583. The van der Waals surface area contributed by atoms with E-state index in [1.54, 1.807) is 11.3 Å². The molecule has 1 atom stereocenters. The van der Waals surface area contributed by atoms with Crippen LogP contribution in [0.5, 0.6) is 0 Å². The highest BCUT2D eigenvalue weighted by Crippen LogP contribution is 2.27. The highest BCUT2D eigenvalue weighted by atomic mass is 79.9. The van der Waals surface area contributed by atoms with Crippen LogP contribution in [0.25, 0.3) is 0 Å². The van der Waals surface area contributed by atoms with Gasteiger partial charge in [0.2, 0.25) is 0 Å². The number of thiophene rings is 1. The van der Waals surface area contributed by atoms with Gasteiger partial charge in [0.05, 0.1) is 11.0 Å². The maximum atomic E-state index is 11.9. The second-order valence-electron chi connectivity index (χ2n) is 4.08. The zero-order valence-corrected chi connectivity index (χ0v) is 12.2. The molecular formula is C12H16BrNO2S. The molecule has 0 aliphatic carbocycles. The van der Waals surface area contributed by atoms with Gasteiger partial charge >= 0.3 is 0 Å². The molecule has 1 aliphatic rings. The van der Waals surface area contributed by atoms with E-state index in [1.165, 1.54) is 4.88 Å². The first-order valence-electron chi connectivity index (χ1n) is 5.88. The van der Waals surface area contributed by atoms with Crippen LogP contribution in [-0.2, 0) is 11.2 Å². The van der Waals surface area contributed by atoms with E-state index in [2.05, 4.69) is 28.2 Å². The van der Waals surface area contributed by atoms with Crippen LogP contribution < -0.4 is 5.32 Å². The Labute approximate surface area is 114 Å². The van der Waals surface area contributed by atoms with E-state index in [-0.39, 0.29) is 12.0 Å². The van der Waals surface area contributed by atoms with Crippen molar-refractivity contribution in [3.05, 3.63) is 20.3 Å². The summed E-state index contributed by atoms with van der Waals surface area (Å²) < 4.78 is 6.50. The normalized spacial score (nSPS) is 19.5. The molecule has 17 heavy (non-hydrogen) atoms. The molecule has 0 aromatic carbocycles. The van der Waals surface area contributed by atoms with Gasteiger partial charge < -0.3 is 10.1 Å². The Morgan fingerprint density at radius 3 is 3.12 bits per heavy atom. The lowest BCUT2D eigenvalue weighted by molar-refractivity contribution is 0.0861. The molecule has 2 rings (SSSR count). The fourth-order valence-corrected chi connectivity index (χ4v) is 3.67. The maximum Gasteiger partial charge on any atom is 0.261 e. The van der Waals surface area contributed by atoms with Crippen molar-refractivity contribution in [3.63, 3.8) is 0 Å². The van der Waals surface area contributed by atoms with Gasteiger partial charge in [-0.3, -0.25) is 4.79 Å². The van der Waals surface area contributed by atoms with Crippen LogP contribution in [0.1, 0.15) is 34.3 Å². The molecule has 2 heterocycles. The van der Waals surface area contributed by atoms with Crippen molar-refractivity contribution in [1.82, 2.24) is 5.32 Å². The van der Waals surface area contributed by atoms with Crippen LogP contribution in [-0.4, -0.2) is 25.2 Å². The average Bonchev–Trinajstić information content (AvgIpc) is 2.94. The van der Waals surface area contributed by atoms with Gasteiger partial charge in [-0.2, -0.15) is 0 Å². The second kappa shape index (κ2) is 5.98. The SMILES string of the molecule is CCc1sc(C(=O)NC[C@H]2CCCO2)cc1Br. The monoisotopic (exact) mass is 317 g/mol. The molecule has 0 saturated carbocycles. The second-order valence-corrected chi connectivity index (χ2v) is 6.07. The number of amides is 1. The molecule has 1 fully saturated rings. The lowest BCUT2D eigenvalue weighted by Gasteiger charge is -2.09. The Morgan fingerprint density at radius 2 is 2.53 bits per heavy atom. The van der Waals surface area contributed by atoms with Crippen LogP contribution in [0.4, 0.5) is 0 Å². The van der Waals surface area contributed by atoms with Crippen molar-refractivity contribution in [2.75, 3.05) is 13.2 Å². The van der Waals surface area contributed by atoms with E-state index in [1.807, 2.05) is 6.07 Å². The van der Waals surface area contributed by atoms with E-state index in [0.717, 1.165) is 35.2 Å². The number of halogens is 1. The van der Waals surface area contributed by atoms with E-state index in [0.29, 0.717) is 6.54 Å². The molecule has 5 heteroatoms.